The third kappa shape index (κ3) is 11.2. The topological polar surface area (TPSA) is 231 Å². The van der Waals surface area contributed by atoms with E-state index in [0.717, 1.165) is 33.2 Å². The smallest absolute Gasteiger partial charge is 0.326 e. The minimum atomic E-state index is -1.21. The van der Waals surface area contributed by atoms with Gasteiger partial charge in [0.05, 0.1) is 0 Å². The van der Waals surface area contributed by atoms with E-state index in [1.807, 2.05) is 78.9 Å². The molecule has 0 radical (unpaired) electrons. The van der Waals surface area contributed by atoms with Crippen LogP contribution in [0.15, 0.2) is 90.1 Å². The fourth-order valence-corrected chi connectivity index (χ4v) is 5.64. The van der Waals surface area contributed by atoms with Crippen molar-refractivity contribution in [2.45, 2.75) is 63.1 Å². The average molecular weight is 683 g/mol. The molecule has 13 heteroatoms. The average Bonchev–Trinajstić information content (AvgIpc) is 3.52. The molecule has 0 bridgehead atoms. The minimum absolute atomic E-state index is 0.0537. The zero-order valence-corrected chi connectivity index (χ0v) is 27.9. The van der Waals surface area contributed by atoms with Crippen LogP contribution in [0, 0.1) is 0 Å². The van der Waals surface area contributed by atoms with Crippen molar-refractivity contribution in [2.24, 2.45) is 22.2 Å². The summed E-state index contributed by atoms with van der Waals surface area (Å²) in [6.45, 7) is 0.645. The van der Waals surface area contributed by atoms with Crippen molar-refractivity contribution in [1.29, 1.82) is 0 Å². The lowest BCUT2D eigenvalue weighted by Gasteiger charge is -2.25. The summed E-state index contributed by atoms with van der Waals surface area (Å²) in [4.78, 5) is 59.9. The summed E-state index contributed by atoms with van der Waals surface area (Å²) in [5.41, 5.74) is 20.8. The molecule has 4 rings (SSSR count). The van der Waals surface area contributed by atoms with Crippen LogP contribution in [0.25, 0.3) is 22.0 Å². The Morgan fingerprint density at radius 1 is 0.740 bits per heavy atom. The van der Waals surface area contributed by atoms with Crippen LogP contribution in [0.5, 0.6) is 0 Å². The number of aromatic nitrogens is 1. The number of carboxylic acids is 1. The molecular weight excluding hydrogens is 636 g/mol. The fraction of sp³-hybridized carbons (Fsp3) is 0.324. The highest BCUT2D eigenvalue weighted by molar-refractivity contribution is 5.94. The molecule has 3 atom stereocenters. The number of aromatic amines is 1. The largest absolute Gasteiger partial charge is 0.480 e. The second-order valence-electron chi connectivity index (χ2n) is 12.1. The van der Waals surface area contributed by atoms with Crippen LogP contribution >= 0.6 is 0 Å². The predicted octanol–water partition coefficient (Wildman–Crippen LogP) is 2.34. The normalized spacial score (nSPS) is 12.7. The quantitative estimate of drug-likeness (QED) is 0.0415. The van der Waals surface area contributed by atoms with Gasteiger partial charge >= 0.3 is 5.97 Å². The van der Waals surface area contributed by atoms with E-state index < -0.39 is 35.9 Å². The molecule has 0 saturated carbocycles. The van der Waals surface area contributed by atoms with Crippen molar-refractivity contribution in [2.75, 3.05) is 13.1 Å². The maximum atomic E-state index is 14.0. The third-order valence-corrected chi connectivity index (χ3v) is 8.30. The van der Waals surface area contributed by atoms with Gasteiger partial charge in [-0.3, -0.25) is 19.4 Å². The van der Waals surface area contributed by atoms with Gasteiger partial charge < -0.3 is 43.2 Å². The van der Waals surface area contributed by atoms with E-state index in [4.69, 9.17) is 17.2 Å². The molecule has 0 aliphatic heterocycles. The molecular formula is C37H46N8O5. The summed E-state index contributed by atoms with van der Waals surface area (Å²) in [6, 6.07) is 21.6. The number of H-pyrrole nitrogens is 1. The van der Waals surface area contributed by atoms with Gasteiger partial charge in [0.25, 0.3) is 0 Å². The van der Waals surface area contributed by atoms with E-state index in [9.17, 15) is 24.3 Å². The van der Waals surface area contributed by atoms with Gasteiger partial charge in [-0.1, -0.05) is 72.8 Å². The zero-order valence-electron chi connectivity index (χ0n) is 27.9. The maximum Gasteiger partial charge on any atom is 0.326 e. The SMILES string of the molecule is NCCCC(=O)N[C@@H](Cc1c[nH]c2ccccc12)C(=O)N[C@@H](Cc1ccc(-c2ccccc2)cc1)C(=O)N[C@@H](CCCCN=C(N)N)C(=O)O. The van der Waals surface area contributed by atoms with Crippen LogP contribution in [-0.4, -0.2) is 71.0 Å². The highest BCUT2D eigenvalue weighted by Crippen LogP contribution is 2.21. The molecule has 1 heterocycles. The molecule has 4 aromatic rings. The Bertz CT molecular complexity index is 1750. The van der Waals surface area contributed by atoms with Crippen molar-refractivity contribution in [1.82, 2.24) is 20.9 Å². The molecule has 0 aliphatic carbocycles. The van der Waals surface area contributed by atoms with Crippen LogP contribution in [0.2, 0.25) is 0 Å². The van der Waals surface area contributed by atoms with Crippen LogP contribution < -0.4 is 33.2 Å². The first-order chi connectivity index (χ1) is 24.1. The third-order valence-electron chi connectivity index (χ3n) is 8.30. The number of aliphatic imine (C=N–C) groups is 1. The Morgan fingerprint density at radius 3 is 2.06 bits per heavy atom. The number of hydrogen-bond acceptors (Lipinski definition) is 6. The first kappa shape index (κ1) is 37.1. The number of carbonyl (C=O) groups is 4. The van der Waals surface area contributed by atoms with Gasteiger partial charge in [-0.2, -0.15) is 0 Å². The van der Waals surface area contributed by atoms with E-state index in [0.29, 0.717) is 32.4 Å². The maximum absolute atomic E-state index is 14.0. The Morgan fingerprint density at radius 2 is 1.38 bits per heavy atom. The monoisotopic (exact) mass is 682 g/mol. The van der Waals surface area contributed by atoms with Crippen LogP contribution in [-0.2, 0) is 32.0 Å². The standard InChI is InChI=1S/C37H46N8O5/c38-19-8-14-33(46)43-32(22-27-23-42-29-12-5-4-11-28(27)29)35(48)45-31(21-24-15-17-26(18-16-24)25-9-2-1-3-10-25)34(47)44-30(36(49)50)13-6-7-20-41-37(39)40/h1-5,9-12,15-18,23,30-32,42H,6-8,13-14,19-22,38H2,(H,43,46)(H,44,47)(H,45,48)(H,49,50)(H4,39,40,41)/t30-,31-,32-/m0/s1. The summed E-state index contributed by atoms with van der Waals surface area (Å²) >= 11 is 0. The molecule has 0 spiro atoms. The Hall–Kier alpha value is -5.69. The summed E-state index contributed by atoms with van der Waals surface area (Å²) in [5, 5.41) is 19.1. The number of carboxylic acid groups (broad SMARTS) is 1. The van der Waals surface area contributed by atoms with Crippen LogP contribution in [0.4, 0.5) is 0 Å². The summed E-state index contributed by atoms with van der Waals surface area (Å²) in [7, 11) is 0. The van der Waals surface area contributed by atoms with Gasteiger partial charge in [-0.25, -0.2) is 4.79 Å². The number of unbranched alkanes of at least 4 members (excludes halogenated alkanes) is 1. The molecule has 13 nitrogen and oxygen atoms in total. The highest BCUT2D eigenvalue weighted by Gasteiger charge is 2.30. The molecule has 3 aromatic carbocycles. The lowest BCUT2D eigenvalue weighted by atomic mass is 9.99. The van der Waals surface area contributed by atoms with Crippen molar-refractivity contribution in [3.63, 3.8) is 0 Å². The van der Waals surface area contributed by atoms with Crippen molar-refractivity contribution >= 4 is 40.6 Å². The summed E-state index contributed by atoms with van der Waals surface area (Å²) in [5.74, 6) is -2.85. The van der Waals surface area contributed by atoms with Crippen molar-refractivity contribution in [3.05, 3.63) is 96.2 Å². The van der Waals surface area contributed by atoms with E-state index in [1.165, 1.54) is 0 Å². The lowest BCUT2D eigenvalue weighted by Crippen LogP contribution is -2.56. The molecule has 3 amide bonds. The number of hydrogen-bond donors (Lipinski definition) is 8. The summed E-state index contributed by atoms with van der Waals surface area (Å²) < 4.78 is 0. The number of aliphatic carboxylic acids is 1. The van der Waals surface area contributed by atoms with Crippen LogP contribution in [0.1, 0.15) is 43.2 Å². The second kappa shape index (κ2) is 18.7. The number of nitrogens with zero attached hydrogens (tertiary/aromatic N) is 1. The number of para-hydroxylation sites is 1. The Labute approximate surface area is 291 Å². The van der Waals surface area contributed by atoms with Crippen LogP contribution in [0.3, 0.4) is 0 Å². The molecule has 50 heavy (non-hydrogen) atoms. The van der Waals surface area contributed by atoms with E-state index in [-0.39, 0.29) is 37.6 Å². The number of nitrogens with one attached hydrogen (secondary N) is 4. The highest BCUT2D eigenvalue weighted by atomic mass is 16.4. The first-order valence-electron chi connectivity index (χ1n) is 16.7. The van der Waals surface area contributed by atoms with E-state index >= 15 is 0 Å². The number of nitrogens with two attached hydrogens (primary N) is 3. The number of fused-ring (bicyclic) bond motifs is 1. The zero-order chi connectivity index (χ0) is 35.9. The van der Waals surface area contributed by atoms with Gasteiger partial charge in [0.1, 0.15) is 18.1 Å². The molecule has 1 aromatic heterocycles. The van der Waals surface area contributed by atoms with Crippen molar-refractivity contribution < 1.29 is 24.3 Å². The van der Waals surface area contributed by atoms with Gasteiger partial charge in [0.15, 0.2) is 5.96 Å². The first-order valence-corrected chi connectivity index (χ1v) is 16.7. The molecule has 0 saturated heterocycles. The predicted molar refractivity (Wildman–Crippen MR) is 194 cm³/mol. The minimum Gasteiger partial charge on any atom is -0.480 e. The Balaban J connectivity index is 1.57. The molecule has 0 fully saturated rings. The van der Waals surface area contributed by atoms with Gasteiger partial charge in [-0.15, -0.1) is 0 Å². The van der Waals surface area contributed by atoms with E-state index in [2.05, 4.69) is 25.9 Å². The summed E-state index contributed by atoms with van der Waals surface area (Å²) in [6.07, 6.45) is 3.68. The molecule has 0 unspecified atom stereocenters. The van der Waals surface area contributed by atoms with E-state index in [1.54, 1.807) is 6.20 Å². The number of guanidine groups is 1. The van der Waals surface area contributed by atoms with Gasteiger partial charge in [-0.05, 0) is 60.5 Å². The molecule has 264 valence electrons. The Kier molecular flexibility index (Phi) is 13.9. The van der Waals surface area contributed by atoms with Gasteiger partial charge in [0, 0.05) is 42.9 Å². The number of rotatable bonds is 19. The fourth-order valence-electron chi connectivity index (χ4n) is 5.64. The number of carbonyl (C=O) groups excluding carboxylic acids is 3. The van der Waals surface area contributed by atoms with Crippen molar-refractivity contribution in [3.8, 4) is 11.1 Å². The number of amides is 3. The molecule has 0 aliphatic rings. The van der Waals surface area contributed by atoms with Gasteiger partial charge in [0.2, 0.25) is 17.7 Å². The second-order valence-corrected chi connectivity index (χ2v) is 12.1. The lowest BCUT2D eigenvalue weighted by molar-refractivity contribution is -0.142. The number of benzene rings is 3. The molecule has 11 N–H and O–H groups in total.